The van der Waals surface area contributed by atoms with Gasteiger partial charge < -0.3 is 16.2 Å². The molecule has 1 saturated carbocycles. The third kappa shape index (κ3) is 3.06. The maximum atomic E-state index is 11.3. The lowest BCUT2D eigenvalue weighted by Gasteiger charge is -2.25. The molecular weight excluding hydrogens is 434 g/mol. The van der Waals surface area contributed by atoms with Crippen LogP contribution in [0.2, 0.25) is 0 Å². The van der Waals surface area contributed by atoms with Crippen molar-refractivity contribution in [3.63, 3.8) is 0 Å². The van der Waals surface area contributed by atoms with Crippen molar-refractivity contribution in [2.75, 3.05) is 5.73 Å². The molecule has 0 saturated heterocycles. The van der Waals surface area contributed by atoms with E-state index in [9.17, 15) is 9.90 Å². The summed E-state index contributed by atoms with van der Waals surface area (Å²) in [5.41, 5.74) is 8.85. The summed E-state index contributed by atoms with van der Waals surface area (Å²) in [6.07, 6.45) is 15.0. The van der Waals surface area contributed by atoms with Crippen LogP contribution in [0.3, 0.4) is 0 Å². The highest BCUT2D eigenvalue weighted by Gasteiger charge is 2.34. The molecule has 3 aliphatic rings. The number of hydrogen-bond acceptors (Lipinski definition) is 5. The van der Waals surface area contributed by atoms with Crippen molar-refractivity contribution in [2.45, 2.75) is 37.6 Å². The predicted octanol–water partition coefficient (Wildman–Crippen LogP) is 3.45. The van der Waals surface area contributed by atoms with Gasteiger partial charge in [-0.1, -0.05) is 34.2 Å². The third-order valence-corrected chi connectivity index (χ3v) is 7.01. The van der Waals surface area contributed by atoms with E-state index in [0.29, 0.717) is 18.7 Å². The number of allylic oxidation sites excluding steroid dienone is 2. The molecule has 2 aromatic heterocycles. The van der Waals surface area contributed by atoms with Crippen LogP contribution in [0.4, 0.5) is 5.82 Å². The number of aliphatic carboxylic acids is 1. The molecule has 5 rings (SSSR count). The molecule has 0 aromatic carbocycles. The third-order valence-electron chi connectivity index (χ3n) is 6.25. The van der Waals surface area contributed by atoms with Gasteiger partial charge in [-0.05, 0) is 31.8 Å². The highest BCUT2D eigenvalue weighted by atomic mass is 79.9. The van der Waals surface area contributed by atoms with Crippen molar-refractivity contribution in [3.05, 3.63) is 52.7 Å². The number of carboxylic acid groups (broad SMARTS) is 1. The van der Waals surface area contributed by atoms with Crippen LogP contribution >= 0.6 is 15.9 Å². The number of fused-ring (bicyclic) bond motifs is 2. The number of imidazole rings is 1. The minimum absolute atomic E-state index is 0.166. The van der Waals surface area contributed by atoms with Crippen molar-refractivity contribution in [1.82, 2.24) is 19.7 Å². The first-order valence-electron chi connectivity index (χ1n) is 9.90. The van der Waals surface area contributed by atoms with Gasteiger partial charge in [0.05, 0.1) is 17.7 Å². The topological polar surface area (TPSA) is 106 Å². The Morgan fingerprint density at radius 1 is 1.31 bits per heavy atom. The van der Waals surface area contributed by atoms with Crippen molar-refractivity contribution in [2.24, 2.45) is 11.8 Å². The SMILES string of the molecule is Nc1nccn2c(C3CCC(C(=O)O)CC3)nc(C3=CC4C=CC=C(Br)C4N3)c12. The van der Waals surface area contributed by atoms with Gasteiger partial charge in [-0.15, -0.1) is 0 Å². The second kappa shape index (κ2) is 7.02. The normalized spacial score (nSPS) is 28.6. The van der Waals surface area contributed by atoms with E-state index in [-0.39, 0.29) is 23.8 Å². The Kier molecular flexibility index (Phi) is 4.46. The number of nitrogens with one attached hydrogen (secondary N) is 1. The number of nitrogens with zero attached hydrogens (tertiary/aromatic N) is 3. The van der Waals surface area contributed by atoms with Gasteiger partial charge in [0.15, 0.2) is 0 Å². The van der Waals surface area contributed by atoms with Crippen LogP contribution in [0.15, 0.2) is 41.2 Å². The summed E-state index contributed by atoms with van der Waals surface area (Å²) >= 11 is 3.65. The smallest absolute Gasteiger partial charge is 0.306 e. The van der Waals surface area contributed by atoms with Crippen molar-refractivity contribution in [1.29, 1.82) is 0 Å². The van der Waals surface area contributed by atoms with Crippen LogP contribution in [-0.4, -0.2) is 31.5 Å². The molecule has 1 fully saturated rings. The molecule has 150 valence electrons. The van der Waals surface area contributed by atoms with E-state index >= 15 is 0 Å². The number of carboxylic acids is 1. The summed E-state index contributed by atoms with van der Waals surface area (Å²) in [5.74, 6) is 0.916. The Bertz CT molecular complexity index is 1080. The van der Waals surface area contributed by atoms with Gasteiger partial charge >= 0.3 is 5.97 Å². The molecular formula is C21H22BrN5O2. The second-order valence-corrected chi connectivity index (χ2v) is 8.87. The summed E-state index contributed by atoms with van der Waals surface area (Å²) in [5, 5.41) is 12.9. The number of rotatable bonds is 3. The zero-order valence-electron chi connectivity index (χ0n) is 15.8. The fourth-order valence-corrected chi connectivity index (χ4v) is 5.28. The monoisotopic (exact) mass is 455 g/mol. The maximum absolute atomic E-state index is 11.3. The van der Waals surface area contributed by atoms with E-state index < -0.39 is 5.97 Å². The fourth-order valence-electron chi connectivity index (χ4n) is 4.71. The van der Waals surface area contributed by atoms with E-state index in [1.165, 1.54) is 0 Å². The first-order chi connectivity index (χ1) is 14.0. The van der Waals surface area contributed by atoms with Gasteiger partial charge in [0, 0.05) is 28.7 Å². The van der Waals surface area contributed by atoms with E-state index in [4.69, 9.17) is 10.7 Å². The molecule has 0 spiro atoms. The molecule has 29 heavy (non-hydrogen) atoms. The Morgan fingerprint density at radius 2 is 2.10 bits per heavy atom. The second-order valence-electron chi connectivity index (χ2n) is 7.95. The molecule has 4 N–H and O–H groups in total. The Hall–Kier alpha value is -2.61. The van der Waals surface area contributed by atoms with E-state index in [2.05, 4.69) is 50.5 Å². The molecule has 7 nitrogen and oxygen atoms in total. The quantitative estimate of drug-likeness (QED) is 0.654. The number of anilines is 1. The molecule has 8 heteroatoms. The Morgan fingerprint density at radius 3 is 2.83 bits per heavy atom. The molecule has 0 bridgehead atoms. The van der Waals surface area contributed by atoms with E-state index in [1.807, 2.05) is 10.6 Å². The minimum atomic E-state index is -0.694. The lowest BCUT2D eigenvalue weighted by molar-refractivity contribution is -0.142. The standard InChI is InChI=1S/C21H22BrN5O2/c22-14-3-1-2-13-10-15(25-16(13)14)17-18-19(23)24-8-9-27(18)20(26-17)11-4-6-12(7-5-11)21(28)29/h1-3,8-13,16,25H,4-7H2,(H2,23,24)(H,28,29). The average Bonchev–Trinajstić information content (AvgIpc) is 3.31. The summed E-state index contributed by atoms with van der Waals surface area (Å²) in [4.78, 5) is 20.6. The molecule has 2 unspecified atom stereocenters. The lowest BCUT2D eigenvalue weighted by Crippen LogP contribution is -2.28. The number of halogens is 1. The van der Waals surface area contributed by atoms with E-state index in [1.54, 1.807) is 6.20 Å². The highest BCUT2D eigenvalue weighted by molar-refractivity contribution is 9.11. The van der Waals surface area contributed by atoms with Gasteiger partial charge in [0.25, 0.3) is 0 Å². The lowest BCUT2D eigenvalue weighted by atomic mass is 9.81. The van der Waals surface area contributed by atoms with Crippen molar-refractivity contribution in [3.8, 4) is 0 Å². The van der Waals surface area contributed by atoms with Crippen molar-refractivity contribution >= 4 is 38.9 Å². The zero-order chi connectivity index (χ0) is 20.1. The first kappa shape index (κ1) is 18.4. The maximum Gasteiger partial charge on any atom is 0.306 e. The molecule has 3 heterocycles. The van der Waals surface area contributed by atoms with Gasteiger partial charge in [0.2, 0.25) is 0 Å². The predicted molar refractivity (Wildman–Crippen MR) is 114 cm³/mol. The Labute approximate surface area is 176 Å². The largest absolute Gasteiger partial charge is 0.481 e. The molecule has 0 amide bonds. The summed E-state index contributed by atoms with van der Waals surface area (Å²) in [6.45, 7) is 0. The Balaban J connectivity index is 1.54. The van der Waals surface area contributed by atoms with Crippen molar-refractivity contribution < 1.29 is 9.90 Å². The van der Waals surface area contributed by atoms with Crippen LogP contribution in [0.5, 0.6) is 0 Å². The summed E-state index contributed by atoms with van der Waals surface area (Å²) in [6, 6.07) is 0.166. The summed E-state index contributed by atoms with van der Waals surface area (Å²) in [7, 11) is 0. The van der Waals surface area contributed by atoms with E-state index in [0.717, 1.165) is 40.1 Å². The van der Waals surface area contributed by atoms with Crippen LogP contribution < -0.4 is 11.1 Å². The number of hydrogen-bond donors (Lipinski definition) is 3. The van der Waals surface area contributed by atoms with Gasteiger partial charge in [-0.3, -0.25) is 9.20 Å². The number of nitrogen functional groups attached to an aromatic ring is 1. The summed E-state index contributed by atoms with van der Waals surface area (Å²) < 4.78 is 3.15. The van der Waals surface area contributed by atoms with Gasteiger partial charge in [-0.2, -0.15) is 0 Å². The number of aromatic nitrogens is 3. The zero-order valence-corrected chi connectivity index (χ0v) is 17.3. The van der Waals surface area contributed by atoms with Crippen LogP contribution in [0.25, 0.3) is 11.2 Å². The highest BCUT2D eigenvalue weighted by Crippen LogP contribution is 2.39. The van der Waals surface area contributed by atoms with Gasteiger partial charge in [-0.25, -0.2) is 9.97 Å². The number of carbonyl (C=O) groups is 1. The molecule has 2 atom stereocenters. The average molecular weight is 456 g/mol. The first-order valence-corrected chi connectivity index (χ1v) is 10.7. The molecule has 2 aromatic rings. The van der Waals surface area contributed by atoms with Crippen LogP contribution in [0.1, 0.15) is 43.1 Å². The minimum Gasteiger partial charge on any atom is -0.481 e. The van der Waals surface area contributed by atoms with Crippen LogP contribution in [0, 0.1) is 11.8 Å². The van der Waals surface area contributed by atoms with Gasteiger partial charge in [0.1, 0.15) is 22.9 Å². The molecule has 0 radical (unpaired) electrons. The molecule has 2 aliphatic carbocycles. The molecule has 1 aliphatic heterocycles. The number of nitrogens with two attached hydrogens (primary N) is 1. The fraction of sp³-hybridized carbons (Fsp3) is 0.381. The van der Waals surface area contributed by atoms with Crippen LogP contribution in [-0.2, 0) is 4.79 Å².